The summed E-state index contributed by atoms with van der Waals surface area (Å²) in [7, 11) is 1.55. The van der Waals surface area contributed by atoms with Crippen LogP contribution in [-0.2, 0) is 0 Å². The molecule has 1 aromatic rings. The Kier molecular flexibility index (Phi) is 4.22. The summed E-state index contributed by atoms with van der Waals surface area (Å²) < 4.78 is 5.18. The number of carbonyl (C=O) groups excluding carboxylic acids is 1. The quantitative estimate of drug-likeness (QED) is 0.787. The average molecular weight is 313 g/mol. The fraction of sp³-hybridized carbons (Fsp3) is 0.538. The second-order valence-electron chi connectivity index (χ2n) is 4.61. The summed E-state index contributed by atoms with van der Waals surface area (Å²) in [6, 6.07) is 1.71. The third-order valence-corrected chi connectivity index (χ3v) is 4.58. The van der Waals surface area contributed by atoms with Gasteiger partial charge < -0.3 is 9.64 Å². The van der Waals surface area contributed by atoms with E-state index in [0.717, 1.165) is 19.5 Å². The molecule has 1 fully saturated rings. The number of pyridine rings is 1. The first-order chi connectivity index (χ1) is 8.63. The van der Waals surface area contributed by atoms with Crippen molar-refractivity contribution in [1.29, 1.82) is 0 Å². The number of alkyl halides is 1. The summed E-state index contributed by atoms with van der Waals surface area (Å²) in [5, 5.41) is 0. The molecule has 98 valence electrons. The molecule has 0 aliphatic carbocycles. The second-order valence-corrected chi connectivity index (χ2v) is 5.79. The van der Waals surface area contributed by atoms with Crippen molar-refractivity contribution in [2.75, 3.05) is 20.2 Å². The Labute approximate surface area is 115 Å². The summed E-state index contributed by atoms with van der Waals surface area (Å²) in [4.78, 5) is 18.6. The van der Waals surface area contributed by atoms with Gasteiger partial charge in [-0.1, -0.05) is 22.9 Å². The number of hydrogen-bond acceptors (Lipinski definition) is 3. The Morgan fingerprint density at radius 1 is 1.61 bits per heavy atom. The molecule has 1 aliphatic rings. The number of amides is 1. The van der Waals surface area contributed by atoms with E-state index < -0.39 is 0 Å². The third kappa shape index (κ3) is 2.66. The molecule has 18 heavy (non-hydrogen) atoms. The molecular formula is C13H17BrN2O2. The van der Waals surface area contributed by atoms with Crippen molar-refractivity contribution >= 4 is 21.8 Å². The Morgan fingerprint density at radius 3 is 3.06 bits per heavy atom. The highest BCUT2D eigenvalue weighted by Crippen LogP contribution is 2.26. The number of piperidine rings is 1. The van der Waals surface area contributed by atoms with Crippen LogP contribution >= 0.6 is 15.9 Å². The van der Waals surface area contributed by atoms with E-state index in [0.29, 0.717) is 22.1 Å². The number of ether oxygens (including phenoxy) is 1. The van der Waals surface area contributed by atoms with Gasteiger partial charge in [0, 0.05) is 24.1 Å². The molecule has 1 aliphatic heterocycles. The molecule has 0 bridgehead atoms. The number of hydrogen-bond donors (Lipinski definition) is 0. The Balaban J connectivity index is 2.16. The van der Waals surface area contributed by atoms with Crippen LogP contribution in [0.3, 0.4) is 0 Å². The topological polar surface area (TPSA) is 42.4 Å². The first-order valence-corrected chi connectivity index (χ1v) is 6.96. The zero-order valence-electron chi connectivity index (χ0n) is 10.6. The van der Waals surface area contributed by atoms with Crippen LogP contribution in [0.15, 0.2) is 18.5 Å². The summed E-state index contributed by atoms with van der Waals surface area (Å²) >= 11 is 3.63. The minimum atomic E-state index is 0.0191. The molecule has 2 atom stereocenters. The van der Waals surface area contributed by atoms with Gasteiger partial charge in [0.05, 0.1) is 18.9 Å². The molecule has 0 N–H and O–H groups in total. The SMILES string of the molecule is COc1cnccc1C(=O)N1CCC(C)C(Br)C1. The Morgan fingerprint density at radius 2 is 2.39 bits per heavy atom. The lowest BCUT2D eigenvalue weighted by atomic mass is 9.98. The maximum atomic E-state index is 12.4. The minimum absolute atomic E-state index is 0.0191. The average Bonchev–Trinajstić information content (AvgIpc) is 2.41. The third-order valence-electron chi connectivity index (χ3n) is 3.39. The predicted octanol–water partition coefficient (Wildman–Crippen LogP) is 2.34. The lowest BCUT2D eigenvalue weighted by Crippen LogP contribution is -2.43. The molecule has 2 heterocycles. The largest absolute Gasteiger partial charge is 0.494 e. The highest BCUT2D eigenvalue weighted by atomic mass is 79.9. The fourth-order valence-corrected chi connectivity index (χ4v) is 2.71. The number of halogens is 1. The van der Waals surface area contributed by atoms with Gasteiger partial charge in [0.25, 0.3) is 5.91 Å². The molecule has 0 radical (unpaired) electrons. The van der Waals surface area contributed by atoms with Crippen molar-refractivity contribution in [2.24, 2.45) is 5.92 Å². The van der Waals surface area contributed by atoms with Crippen LogP contribution in [0, 0.1) is 5.92 Å². The van der Waals surface area contributed by atoms with Gasteiger partial charge >= 0.3 is 0 Å². The molecule has 5 heteroatoms. The smallest absolute Gasteiger partial charge is 0.257 e. The number of carbonyl (C=O) groups is 1. The van der Waals surface area contributed by atoms with E-state index in [1.165, 1.54) is 0 Å². The van der Waals surface area contributed by atoms with Crippen LogP contribution in [0.1, 0.15) is 23.7 Å². The summed E-state index contributed by atoms with van der Waals surface area (Å²) in [5.41, 5.74) is 0.585. The van der Waals surface area contributed by atoms with Crippen molar-refractivity contribution in [1.82, 2.24) is 9.88 Å². The van der Waals surface area contributed by atoms with Crippen molar-refractivity contribution in [3.8, 4) is 5.75 Å². The van der Waals surface area contributed by atoms with E-state index in [4.69, 9.17) is 4.74 Å². The number of likely N-dealkylation sites (tertiary alicyclic amines) is 1. The first-order valence-electron chi connectivity index (χ1n) is 6.05. The van der Waals surface area contributed by atoms with Gasteiger partial charge in [-0.05, 0) is 18.4 Å². The van der Waals surface area contributed by atoms with Crippen molar-refractivity contribution in [2.45, 2.75) is 18.2 Å². The van der Waals surface area contributed by atoms with Gasteiger partial charge in [-0.15, -0.1) is 0 Å². The van der Waals surface area contributed by atoms with Crippen LogP contribution in [-0.4, -0.2) is 40.8 Å². The molecule has 1 amide bonds. The van der Waals surface area contributed by atoms with Crippen LogP contribution < -0.4 is 4.74 Å². The Bertz CT molecular complexity index is 439. The van der Waals surface area contributed by atoms with Gasteiger partial charge in [-0.3, -0.25) is 9.78 Å². The minimum Gasteiger partial charge on any atom is -0.494 e. The lowest BCUT2D eigenvalue weighted by molar-refractivity contribution is 0.0702. The summed E-state index contributed by atoms with van der Waals surface area (Å²) in [5.74, 6) is 1.16. The summed E-state index contributed by atoms with van der Waals surface area (Å²) in [6.45, 7) is 3.74. The van der Waals surface area contributed by atoms with Crippen molar-refractivity contribution < 1.29 is 9.53 Å². The number of nitrogens with zero attached hydrogens (tertiary/aromatic N) is 2. The van der Waals surface area contributed by atoms with Crippen LogP contribution in [0.4, 0.5) is 0 Å². The predicted molar refractivity (Wildman–Crippen MR) is 73.2 cm³/mol. The Hall–Kier alpha value is -1.10. The zero-order chi connectivity index (χ0) is 13.1. The second kappa shape index (κ2) is 5.69. The van der Waals surface area contributed by atoms with Crippen molar-refractivity contribution in [3.63, 3.8) is 0 Å². The standard InChI is InChI=1S/C13H17BrN2O2/c1-9-4-6-16(8-11(9)14)13(17)10-3-5-15-7-12(10)18-2/h3,5,7,9,11H,4,6,8H2,1-2H3. The molecule has 1 saturated heterocycles. The van der Waals surface area contributed by atoms with E-state index in [9.17, 15) is 4.79 Å². The van der Waals surface area contributed by atoms with Crippen LogP contribution in [0.5, 0.6) is 5.75 Å². The first kappa shape index (κ1) is 13.3. The van der Waals surface area contributed by atoms with Gasteiger partial charge in [-0.2, -0.15) is 0 Å². The number of methoxy groups -OCH3 is 1. The van der Waals surface area contributed by atoms with Gasteiger partial charge in [0.1, 0.15) is 5.75 Å². The van der Waals surface area contributed by atoms with Crippen molar-refractivity contribution in [3.05, 3.63) is 24.0 Å². The molecule has 1 aromatic heterocycles. The molecule has 2 unspecified atom stereocenters. The molecule has 0 aromatic carbocycles. The van der Waals surface area contributed by atoms with E-state index in [-0.39, 0.29) is 5.91 Å². The van der Waals surface area contributed by atoms with Gasteiger partial charge in [-0.25, -0.2) is 0 Å². The van der Waals surface area contributed by atoms with E-state index in [1.807, 2.05) is 4.90 Å². The lowest BCUT2D eigenvalue weighted by Gasteiger charge is -2.34. The number of rotatable bonds is 2. The van der Waals surface area contributed by atoms with Gasteiger partial charge in [0.15, 0.2) is 0 Å². The molecular weight excluding hydrogens is 296 g/mol. The summed E-state index contributed by atoms with van der Waals surface area (Å²) in [6.07, 6.45) is 4.22. The van der Waals surface area contributed by atoms with E-state index >= 15 is 0 Å². The van der Waals surface area contributed by atoms with Gasteiger partial charge in [0.2, 0.25) is 0 Å². The molecule has 4 nitrogen and oxygen atoms in total. The number of aromatic nitrogens is 1. The zero-order valence-corrected chi connectivity index (χ0v) is 12.2. The normalized spacial score (nSPS) is 23.8. The maximum absolute atomic E-state index is 12.4. The molecule has 2 rings (SSSR count). The fourth-order valence-electron chi connectivity index (χ4n) is 2.10. The van der Waals surface area contributed by atoms with Crippen LogP contribution in [0.2, 0.25) is 0 Å². The molecule has 0 spiro atoms. The van der Waals surface area contributed by atoms with E-state index in [2.05, 4.69) is 27.8 Å². The van der Waals surface area contributed by atoms with E-state index in [1.54, 1.807) is 25.6 Å². The highest BCUT2D eigenvalue weighted by Gasteiger charge is 2.28. The van der Waals surface area contributed by atoms with Crippen LogP contribution in [0.25, 0.3) is 0 Å². The monoisotopic (exact) mass is 312 g/mol. The highest BCUT2D eigenvalue weighted by molar-refractivity contribution is 9.09. The maximum Gasteiger partial charge on any atom is 0.257 e. The molecule has 0 saturated carbocycles.